The summed E-state index contributed by atoms with van der Waals surface area (Å²) in [6.45, 7) is 5.09. The molecule has 19 heavy (non-hydrogen) atoms. The van der Waals surface area contributed by atoms with Gasteiger partial charge in [-0.3, -0.25) is 0 Å². The van der Waals surface area contributed by atoms with Crippen molar-refractivity contribution in [3.05, 3.63) is 33.6 Å². The molecule has 2 aromatic rings. The first-order chi connectivity index (χ1) is 9.03. The fourth-order valence-corrected chi connectivity index (χ4v) is 2.64. The van der Waals surface area contributed by atoms with Crippen molar-refractivity contribution in [3.63, 3.8) is 0 Å². The van der Waals surface area contributed by atoms with E-state index in [1.165, 1.54) is 18.2 Å². The van der Waals surface area contributed by atoms with Crippen LogP contribution in [0.2, 0.25) is 5.02 Å². The van der Waals surface area contributed by atoms with Crippen LogP contribution in [0.25, 0.3) is 0 Å². The van der Waals surface area contributed by atoms with Crippen LogP contribution < -0.4 is 10.1 Å². The summed E-state index contributed by atoms with van der Waals surface area (Å²) in [6, 6.07) is 4.50. The van der Waals surface area contributed by atoms with Crippen LogP contribution in [-0.4, -0.2) is 23.6 Å². The van der Waals surface area contributed by atoms with Crippen LogP contribution in [0.3, 0.4) is 0 Å². The van der Waals surface area contributed by atoms with Crippen molar-refractivity contribution in [1.82, 2.24) is 9.97 Å². The molecule has 0 aliphatic rings. The van der Waals surface area contributed by atoms with Gasteiger partial charge in [0.15, 0.2) is 5.82 Å². The third-order valence-electron chi connectivity index (χ3n) is 2.79. The van der Waals surface area contributed by atoms with Gasteiger partial charge in [-0.2, -0.15) is 4.98 Å². The Morgan fingerprint density at radius 1 is 1.47 bits per heavy atom. The molecule has 0 bridgehead atoms. The average Bonchev–Trinajstić information content (AvgIpc) is 2.92. The summed E-state index contributed by atoms with van der Waals surface area (Å²) < 4.78 is 5.00. The fraction of sp³-hybridized carbons (Fsp3) is 0.385. The number of halogens is 1. The van der Waals surface area contributed by atoms with Gasteiger partial charge in [0.1, 0.15) is 5.02 Å². The molecule has 0 unspecified atom stereocenters. The molecule has 2 aromatic heterocycles. The van der Waals surface area contributed by atoms with Crippen LogP contribution >= 0.6 is 22.9 Å². The summed E-state index contributed by atoms with van der Waals surface area (Å²) >= 11 is 7.81. The summed E-state index contributed by atoms with van der Waals surface area (Å²) in [5.74, 6) is 0.596. The van der Waals surface area contributed by atoms with E-state index in [9.17, 15) is 0 Å². The molecule has 0 fully saturated rings. The topological polar surface area (TPSA) is 47.0 Å². The van der Waals surface area contributed by atoms with Crippen molar-refractivity contribution >= 4 is 28.8 Å². The molecule has 2 rings (SSSR count). The van der Waals surface area contributed by atoms with Crippen LogP contribution in [0.1, 0.15) is 18.7 Å². The van der Waals surface area contributed by atoms with E-state index in [4.69, 9.17) is 16.3 Å². The number of thiophene rings is 1. The second-order valence-corrected chi connectivity index (χ2v) is 6.12. The molecular weight excluding hydrogens is 282 g/mol. The highest BCUT2D eigenvalue weighted by Crippen LogP contribution is 2.29. The molecule has 2 heterocycles. The molecule has 0 aromatic carbocycles. The Labute approximate surface area is 121 Å². The number of rotatable bonds is 5. The third kappa shape index (κ3) is 3.36. The lowest BCUT2D eigenvalue weighted by atomic mass is 9.91. The summed E-state index contributed by atoms with van der Waals surface area (Å²) in [5.41, 5.74) is 0.00960. The summed E-state index contributed by atoms with van der Waals surface area (Å²) in [6.07, 6.45) is 1.54. The molecule has 102 valence electrons. The molecule has 0 spiro atoms. The van der Waals surface area contributed by atoms with E-state index in [1.807, 2.05) is 0 Å². The molecule has 0 amide bonds. The minimum atomic E-state index is 0.00960. The Kier molecular flexibility index (Phi) is 4.27. The minimum absolute atomic E-state index is 0.00960. The number of nitrogens with one attached hydrogen (secondary N) is 1. The van der Waals surface area contributed by atoms with E-state index in [0.29, 0.717) is 16.9 Å². The fourth-order valence-electron chi connectivity index (χ4n) is 1.63. The van der Waals surface area contributed by atoms with E-state index in [0.717, 1.165) is 6.54 Å². The normalized spacial score (nSPS) is 11.4. The number of nitrogens with zero attached hydrogens (tertiary/aromatic N) is 2. The van der Waals surface area contributed by atoms with Crippen molar-refractivity contribution in [2.45, 2.75) is 19.3 Å². The molecule has 0 saturated heterocycles. The maximum Gasteiger partial charge on any atom is 0.318 e. The lowest BCUT2D eigenvalue weighted by Crippen LogP contribution is -2.27. The average molecular weight is 298 g/mol. The van der Waals surface area contributed by atoms with E-state index in [-0.39, 0.29) is 5.41 Å². The summed E-state index contributed by atoms with van der Waals surface area (Å²) in [4.78, 5) is 9.47. The monoisotopic (exact) mass is 297 g/mol. The smallest absolute Gasteiger partial charge is 0.318 e. The second kappa shape index (κ2) is 5.75. The first-order valence-electron chi connectivity index (χ1n) is 5.87. The number of anilines is 1. The SMILES string of the molecule is COc1ncc(Cl)c(NCC(C)(C)c2cccs2)n1. The van der Waals surface area contributed by atoms with E-state index < -0.39 is 0 Å². The maximum absolute atomic E-state index is 6.07. The van der Waals surface area contributed by atoms with Gasteiger partial charge in [-0.1, -0.05) is 31.5 Å². The van der Waals surface area contributed by atoms with Crippen LogP contribution in [0.4, 0.5) is 5.82 Å². The molecule has 4 nitrogen and oxygen atoms in total. The number of hydrogen-bond acceptors (Lipinski definition) is 5. The zero-order valence-corrected chi connectivity index (χ0v) is 12.7. The quantitative estimate of drug-likeness (QED) is 0.916. The van der Waals surface area contributed by atoms with Gasteiger partial charge >= 0.3 is 6.01 Å². The van der Waals surface area contributed by atoms with Gasteiger partial charge in [-0.25, -0.2) is 4.98 Å². The van der Waals surface area contributed by atoms with Crippen molar-refractivity contribution in [2.24, 2.45) is 0 Å². The molecule has 0 atom stereocenters. The molecule has 1 N–H and O–H groups in total. The zero-order chi connectivity index (χ0) is 13.9. The third-order valence-corrected chi connectivity index (χ3v) is 4.30. The van der Waals surface area contributed by atoms with Gasteiger partial charge in [0.25, 0.3) is 0 Å². The lowest BCUT2D eigenvalue weighted by Gasteiger charge is -2.24. The molecular formula is C13H16ClN3OS. The van der Waals surface area contributed by atoms with Crippen LogP contribution in [0, 0.1) is 0 Å². The van der Waals surface area contributed by atoms with E-state index >= 15 is 0 Å². The van der Waals surface area contributed by atoms with E-state index in [1.54, 1.807) is 11.3 Å². The maximum atomic E-state index is 6.07. The predicted molar refractivity (Wildman–Crippen MR) is 79.4 cm³/mol. The standard InChI is InChI=1S/C13H16ClN3OS/c1-13(2,10-5-4-6-19-10)8-16-11-9(14)7-15-12(17-11)18-3/h4-7H,8H2,1-3H3,(H,15,16,17). The van der Waals surface area contributed by atoms with Crippen molar-refractivity contribution < 1.29 is 4.74 Å². The largest absolute Gasteiger partial charge is 0.467 e. The number of ether oxygens (including phenoxy) is 1. The highest BCUT2D eigenvalue weighted by molar-refractivity contribution is 7.10. The van der Waals surface area contributed by atoms with Crippen LogP contribution in [0.5, 0.6) is 6.01 Å². The Hall–Kier alpha value is -1.33. The van der Waals surface area contributed by atoms with Gasteiger partial charge in [0, 0.05) is 16.8 Å². The molecule has 0 aliphatic heterocycles. The number of methoxy groups -OCH3 is 1. The first kappa shape index (κ1) is 14.1. The van der Waals surface area contributed by atoms with Crippen LogP contribution in [0.15, 0.2) is 23.7 Å². The van der Waals surface area contributed by atoms with Gasteiger partial charge in [-0.05, 0) is 11.4 Å². The van der Waals surface area contributed by atoms with Gasteiger partial charge in [0.2, 0.25) is 0 Å². The summed E-state index contributed by atoms with van der Waals surface area (Å²) in [7, 11) is 1.53. The predicted octanol–water partition coefficient (Wildman–Crippen LogP) is 3.59. The van der Waals surface area contributed by atoms with Gasteiger partial charge < -0.3 is 10.1 Å². The Morgan fingerprint density at radius 3 is 2.89 bits per heavy atom. The number of hydrogen-bond donors (Lipinski definition) is 1. The van der Waals surface area contributed by atoms with Gasteiger partial charge in [0.05, 0.1) is 13.3 Å². The Morgan fingerprint density at radius 2 is 2.26 bits per heavy atom. The Balaban J connectivity index is 2.10. The molecule has 0 aliphatic carbocycles. The number of aromatic nitrogens is 2. The molecule has 0 radical (unpaired) electrons. The van der Waals surface area contributed by atoms with Gasteiger partial charge in [-0.15, -0.1) is 11.3 Å². The van der Waals surface area contributed by atoms with Crippen LogP contribution in [-0.2, 0) is 5.41 Å². The highest BCUT2D eigenvalue weighted by atomic mass is 35.5. The van der Waals surface area contributed by atoms with Crippen molar-refractivity contribution in [3.8, 4) is 6.01 Å². The van der Waals surface area contributed by atoms with Crippen molar-refractivity contribution in [2.75, 3.05) is 19.0 Å². The summed E-state index contributed by atoms with van der Waals surface area (Å²) in [5, 5.41) is 5.83. The van der Waals surface area contributed by atoms with Crippen molar-refractivity contribution in [1.29, 1.82) is 0 Å². The zero-order valence-electron chi connectivity index (χ0n) is 11.1. The first-order valence-corrected chi connectivity index (χ1v) is 7.13. The lowest BCUT2D eigenvalue weighted by molar-refractivity contribution is 0.380. The van der Waals surface area contributed by atoms with E-state index in [2.05, 4.69) is 46.6 Å². The second-order valence-electron chi connectivity index (χ2n) is 4.77. The Bertz CT molecular complexity index is 543. The minimum Gasteiger partial charge on any atom is -0.467 e. The molecule has 0 saturated carbocycles. The highest BCUT2D eigenvalue weighted by Gasteiger charge is 2.22. The molecule has 6 heteroatoms.